The molecule has 2 unspecified atom stereocenters. The third-order valence-electron chi connectivity index (χ3n) is 3.64. The van der Waals surface area contributed by atoms with E-state index >= 15 is 0 Å². The van der Waals surface area contributed by atoms with Crippen LogP contribution in [0, 0.1) is 17.8 Å². The third-order valence-corrected chi connectivity index (χ3v) is 3.64. The van der Waals surface area contributed by atoms with Gasteiger partial charge in [-0.25, -0.2) is 0 Å². The Morgan fingerprint density at radius 3 is 2.53 bits per heavy atom. The molecule has 86 valence electrons. The van der Waals surface area contributed by atoms with Gasteiger partial charge in [-0.3, -0.25) is 4.79 Å². The molecular formula is C12H22N2O. The third kappa shape index (κ3) is 2.94. The van der Waals surface area contributed by atoms with Gasteiger partial charge in [-0.2, -0.15) is 0 Å². The molecule has 3 nitrogen and oxygen atoms in total. The molecule has 2 saturated carbocycles. The zero-order valence-corrected chi connectivity index (χ0v) is 9.59. The molecular weight excluding hydrogens is 188 g/mol. The van der Waals surface area contributed by atoms with Crippen LogP contribution in [0.1, 0.15) is 32.6 Å². The molecule has 0 aliphatic heterocycles. The predicted octanol–water partition coefficient (Wildman–Crippen LogP) is 1.15. The first-order chi connectivity index (χ1) is 7.31. The summed E-state index contributed by atoms with van der Waals surface area (Å²) in [7, 11) is 0. The van der Waals surface area contributed by atoms with Crippen molar-refractivity contribution in [2.24, 2.45) is 17.8 Å². The van der Waals surface area contributed by atoms with Gasteiger partial charge in [-0.1, -0.05) is 6.92 Å². The SMILES string of the molecule is CCCNCCNC(=O)C1CC2CC2C1. The summed E-state index contributed by atoms with van der Waals surface area (Å²) >= 11 is 0. The quantitative estimate of drug-likeness (QED) is 0.646. The van der Waals surface area contributed by atoms with E-state index in [4.69, 9.17) is 0 Å². The number of rotatable bonds is 6. The molecule has 0 heterocycles. The lowest BCUT2D eigenvalue weighted by atomic mass is 10.0. The Hall–Kier alpha value is -0.570. The first kappa shape index (κ1) is 10.9. The minimum Gasteiger partial charge on any atom is -0.355 e. The van der Waals surface area contributed by atoms with Crippen LogP contribution in [0.4, 0.5) is 0 Å². The van der Waals surface area contributed by atoms with E-state index in [1.807, 2.05) is 0 Å². The van der Waals surface area contributed by atoms with E-state index in [-0.39, 0.29) is 0 Å². The maximum atomic E-state index is 11.7. The molecule has 0 saturated heterocycles. The van der Waals surface area contributed by atoms with Crippen LogP contribution in [0.3, 0.4) is 0 Å². The molecule has 2 rings (SSSR count). The normalized spacial score (nSPS) is 32.5. The zero-order chi connectivity index (χ0) is 10.7. The number of hydrogen-bond acceptors (Lipinski definition) is 2. The van der Waals surface area contributed by atoms with Gasteiger partial charge in [0.1, 0.15) is 0 Å². The highest BCUT2D eigenvalue weighted by Crippen LogP contribution is 2.54. The van der Waals surface area contributed by atoms with Gasteiger partial charge in [0.05, 0.1) is 0 Å². The minimum atomic E-state index is 0.292. The molecule has 2 aliphatic carbocycles. The molecule has 2 fully saturated rings. The summed E-state index contributed by atoms with van der Waals surface area (Å²) in [5, 5.41) is 6.31. The van der Waals surface area contributed by atoms with Crippen LogP contribution in [0.15, 0.2) is 0 Å². The van der Waals surface area contributed by atoms with E-state index in [1.54, 1.807) is 0 Å². The van der Waals surface area contributed by atoms with Crippen LogP contribution in [0.2, 0.25) is 0 Å². The van der Waals surface area contributed by atoms with Crippen molar-refractivity contribution in [1.29, 1.82) is 0 Å². The van der Waals surface area contributed by atoms with Crippen LogP contribution in [0.25, 0.3) is 0 Å². The van der Waals surface area contributed by atoms with Gasteiger partial charge in [0.25, 0.3) is 0 Å². The number of amides is 1. The standard InChI is InChI=1S/C12H22N2O/c1-2-3-13-4-5-14-12(15)11-7-9-6-10(9)8-11/h9-11,13H,2-8H2,1H3,(H,14,15). The van der Waals surface area contributed by atoms with Crippen molar-refractivity contribution in [2.45, 2.75) is 32.6 Å². The monoisotopic (exact) mass is 210 g/mol. The summed E-state index contributed by atoms with van der Waals surface area (Å²) in [6.07, 6.45) is 4.85. The van der Waals surface area contributed by atoms with Crippen LogP contribution in [-0.4, -0.2) is 25.5 Å². The summed E-state index contributed by atoms with van der Waals surface area (Å²) in [5.41, 5.74) is 0. The first-order valence-corrected chi connectivity index (χ1v) is 6.29. The largest absolute Gasteiger partial charge is 0.355 e. The summed E-state index contributed by atoms with van der Waals surface area (Å²) in [4.78, 5) is 11.7. The molecule has 0 aromatic carbocycles. The lowest BCUT2D eigenvalue weighted by Gasteiger charge is -2.12. The molecule has 15 heavy (non-hydrogen) atoms. The minimum absolute atomic E-state index is 0.292. The Morgan fingerprint density at radius 2 is 1.87 bits per heavy atom. The van der Waals surface area contributed by atoms with Crippen molar-refractivity contribution in [3.63, 3.8) is 0 Å². The number of fused-ring (bicyclic) bond motifs is 1. The second kappa shape index (κ2) is 4.97. The van der Waals surface area contributed by atoms with E-state index in [9.17, 15) is 4.79 Å². The highest BCUT2D eigenvalue weighted by molar-refractivity contribution is 5.79. The molecule has 0 aromatic heterocycles. The molecule has 0 bridgehead atoms. The van der Waals surface area contributed by atoms with E-state index in [0.717, 1.165) is 50.7 Å². The number of nitrogens with one attached hydrogen (secondary N) is 2. The van der Waals surface area contributed by atoms with Crippen LogP contribution >= 0.6 is 0 Å². The first-order valence-electron chi connectivity index (χ1n) is 6.29. The van der Waals surface area contributed by atoms with Crippen LogP contribution < -0.4 is 10.6 Å². The van der Waals surface area contributed by atoms with E-state index in [1.165, 1.54) is 6.42 Å². The lowest BCUT2D eigenvalue weighted by Crippen LogP contribution is -2.35. The summed E-state index contributed by atoms with van der Waals surface area (Å²) < 4.78 is 0. The summed E-state index contributed by atoms with van der Waals surface area (Å²) in [5.74, 6) is 2.43. The van der Waals surface area contributed by atoms with Gasteiger partial charge >= 0.3 is 0 Å². The average Bonchev–Trinajstić information content (AvgIpc) is 2.85. The Balaban J connectivity index is 1.53. The predicted molar refractivity (Wildman–Crippen MR) is 60.5 cm³/mol. The number of hydrogen-bond donors (Lipinski definition) is 2. The van der Waals surface area contributed by atoms with E-state index < -0.39 is 0 Å². The molecule has 0 radical (unpaired) electrons. The van der Waals surface area contributed by atoms with Crippen molar-refractivity contribution in [3.05, 3.63) is 0 Å². The van der Waals surface area contributed by atoms with Crippen molar-refractivity contribution < 1.29 is 4.79 Å². The van der Waals surface area contributed by atoms with Crippen LogP contribution in [-0.2, 0) is 4.79 Å². The van der Waals surface area contributed by atoms with Gasteiger partial charge < -0.3 is 10.6 Å². The summed E-state index contributed by atoms with van der Waals surface area (Å²) in [6.45, 7) is 4.88. The second-order valence-corrected chi connectivity index (χ2v) is 4.97. The van der Waals surface area contributed by atoms with Gasteiger partial charge in [-0.15, -0.1) is 0 Å². The van der Waals surface area contributed by atoms with Gasteiger partial charge in [0.15, 0.2) is 0 Å². The Morgan fingerprint density at radius 1 is 1.13 bits per heavy atom. The molecule has 2 aliphatic rings. The zero-order valence-electron chi connectivity index (χ0n) is 9.59. The molecule has 3 heteroatoms. The Labute approximate surface area is 92.0 Å². The second-order valence-electron chi connectivity index (χ2n) is 4.97. The molecule has 2 N–H and O–H groups in total. The highest BCUT2D eigenvalue weighted by Gasteiger charge is 2.47. The number of carbonyl (C=O) groups excluding carboxylic acids is 1. The fraction of sp³-hybridized carbons (Fsp3) is 0.917. The fourth-order valence-corrected chi connectivity index (χ4v) is 2.65. The summed E-state index contributed by atoms with van der Waals surface area (Å²) in [6, 6.07) is 0. The molecule has 2 atom stereocenters. The van der Waals surface area contributed by atoms with Gasteiger partial charge in [-0.05, 0) is 44.1 Å². The Kier molecular flexibility index (Phi) is 3.62. The molecule has 0 spiro atoms. The topological polar surface area (TPSA) is 41.1 Å². The van der Waals surface area contributed by atoms with Crippen molar-refractivity contribution in [2.75, 3.05) is 19.6 Å². The van der Waals surface area contributed by atoms with Crippen molar-refractivity contribution in [1.82, 2.24) is 10.6 Å². The molecule has 0 aromatic rings. The average molecular weight is 210 g/mol. The van der Waals surface area contributed by atoms with Crippen LogP contribution in [0.5, 0.6) is 0 Å². The highest BCUT2D eigenvalue weighted by atomic mass is 16.1. The van der Waals surface area contributed by atoms with Gasteiger partial charge in [0.2, 0.25) is 5.91 Å². The smallest absolute Gasteiger partial charge is 0.223 e. The van der Waals surface area contributed by atoms with Crippen molar-refractivity contribution >= 4 is 5.91 Å². The van der Waals surface area contributed by atoms with Gasteiger partial charge in [0, 0.05) is 19.0 Å². The van der Waals surface area contributed by atoms with E-state index in [0.29, 0.717) is 11.8 Å². The van der Waals surface area contributed by atoms with E-state index in [2.05, 4.69) is 17.6 Å². The fourth-order valence-electron chi connectivity index (χ4n) is 2.65. The maximum Gasteiger partial charge on any atom is 0.223 e. The maximum absolute atomic E-state index is 11.7. The lowest BCUT2D eigenvalue weighted by molar-refractivity contribution is -0.125. The molecule has 1 amide bonds. The van der Waals surface area contributed by atoms with Crippen molar-refractivity contribution in [3.8, 4) is 0 Å². The Bertz CT molecular complexity index is 220. The number of carbonyl (C=O) groups is 1.